The Morgan fingerprint density at radius 1 is 1.40 bits per heavy atom. The first-order valence-corrected chi connectivity index (χ1v) is 7.24. The van der Waals surface area contributed by atoms with Crippen molar-refractivity contribution >= 4 is 11.4 Å². The second kappa shape index (κ2) is 6.59. The van der Waals surface area contributed by atoms with Crippen molar-refractivity contribution in [2.75, 3.05) is 11.9 Å². The van der Waals surface area contributed by atoms with Crippen LogP contribution in [-0.4, -0.2) is 17.6 Å². The van der Waals surface area contributed by atoms with E-state index in [1.807, 2.05) is 19.9 Å². The van der Waals surface area contributed by atoms with Crippen LogP contribution in [0.25, 0.3) is 0 Å². The number of nitro groups is 1. The molecule has 1 saturated carbocycles. The van der Waals surface area contributed by atoms with Gasteiger partial charge in [0.2, 0.25) is 0 Å². The van der Waals surface area contributed by atoms with E-state index in [-0.39, 0.29) is 16.7 Å². The largest absolute Gasteiger partial charge is 0.491 e. The van der Waals surface area contributed by atoms with Crippen molar-refractivity contribution in [3.8, 4) is 5.75 Å². The van der Waals surface area contributed by atoms with E-state index in [2.05, 4.69) is 5.32 Å². The van der Waals surface area contributed by atoms with Crippen LogP contribution in [0, 0.1) is 16.0 Å². The highest BCUT2D eigenvalue weighted by atomic mass is 16.6. The summed E-state index contributed by atoms with van der Waals surface area (Å²) in [5.41, 5.74) is 0.818. The molecular formula is C15H22N2O3. The van der Waals surface area contributed by atoms with Gasteiger partial charge in [0.05, 0.1) is 17.1 Å². The number of nitro benzene ring substituents is 1. The van der Waals surface area contributed by atoms with Gasteiger partial charge in [-0.3, -0.25) is 10.1 Å². The molecule has 1 aromatic carbocycles. The van der Waals surface area contributed by atoms with Gasteiger partial charge in [-0.2, -0.15) is 0 Å². The van der Waals surface area contributed by atoms with E-state index in [1.165, 1.54) is 25.3 Å². The molecule has 1 fully saturated rings. The van der Waals surface area contributed by atoms with E-state index in [4.69, 9.17) is 4.74 Å². The van der Waals surface area contributed by atoms with Crippen LogP contribution in [-0.2, 0) is 0 Å². The number of ether oxygens (including phenoxy) is 1. The Labute approximate surface area is 119 Å². The Hall–Kier alpha value is -1.78. The quantitative estimate of drug-likeness (QED) is 0.443. The van der Waals surface area contributed by atoms with Crippen LogP contribution in [0.4, 0.5) is 11.4 Å². The molecule has 0 spiro atoms. The Balaban J connectivity index is 1.97. The lowest BCUT2D eigenvalue weighted by molar-refractivity contribution is -0.384. The van der Waals surface area contributed by atoms with Gasteiger partial charge in [0.25, 0.3) is 5.69 Å². The topological polar surface area (TPSA) is 64.4 Å². The van der Waals surface area contributed by atoms with E-state index >= 15 is 0 Å². The van der Waals surface area contributed by atoms with Crippen molar-refractivity contribution in [1.82, 2.24) is 0 Å². The van der Waals surface area contributed by atoms with Gasteiger partial charge in [-0.1, -0.05) is 12.8 Å². The first kappa shape index (κ1) is 14.6. The summed E-state index contributed by atoms with van der Waals surface area (Å²) in [4.78, 5) is 10.6. The summed E-state index contributed by atoms with van der Waals surface area (Å²) in [6.07, 6.45) is 5.08. The fourth-order valence-electron chi connectivity index (χ4n) is 2.16. The molecule has 1 aliphatic carbocycles. The smallest absolute Gasteiger partial charge is 0.275 e. The van der Waals surface area contributed by atoms with Gasteiger partial charge in [-0.05, 0) is 32.6 Å². The second-order valence-corrected chi connectivity index (χ2v) is 5.65. The third kappa shape index (κ3) is 4.72. The summed E-state index contributed by atoms with van der Waals surface area (Å²) < 4.78 is 5.56. The number of benzene rings is 1. The van der Waals surface area contributed by atoms with E-state index in [0.29, 0.717) is 5.75 Å². The number of hydrogen-bond donors (Lipinski definition) is 1. The van der Waals surface area contributed by atoms with Crippen LogP contribution in [0.3, 0.4) is 0 Å². The predicted molar refractivity (Wildman–Crippen MR) is 79.3 cm³/mol. The summed E-state index contributed by atoms with van der Waals surface area (Å²) in [6.45, 7) is 4.65. The minimum atomic E-state index is -0.386. The Morgan fingerprint density at radius 2 is 2.15 bits per heavy atom. The monoisotopic (exact) mass is 278 g/mol. The van der Waals surface area contributed by atoms with Gasteiger partial charge in [-0.25, -0.2) is 0 Å². The van der Waals surface area contributed by atoms with Gasteiger partial charge in [0, 0.05) is 24.4 Å². The summed E-state index contributed by atoms with van der Waals surface area (Å²) in [5.74, 6) is 1.46. The van der Waals surface area contributed by atoms with E-state index in [0.717, 1.165) is 24.6 Å². The van der Waals surface area contributed by atoms with Gasteiger partial charge in [-0.15, -0.1) is 0 Å². The molecule has 0 aromatic heterocycles. The molecule has 20 heavy (non-hydrogen) atoms. The maximum atomic E-state index is 10.9. The normalized spacial score (nSPS) is 14.3. The van der Waals surface area contributed by atoms with Gasteiger partial charge >= 0.3 is 0 Å². The number of non-ortho nitro benzene ring substituents is 1. The lowest BCUT2D eigenvalue weighted by Gasteiger charge is -2.12. The standard InChI is InChI=1S/C15H22N2O3/c1-11(2)20-15-9-13(8-14(10-15)17(18)19)16-7-3-4-12-5-6-12/h8-12,16H,3-7H2,1-2H3. The van der Waals surface area contributed by atoms with E-state index in [9.17, 15) is 10.1 Å². The van der Waals surface area contributed by atoms with Crippen LogP contribution in [0.5, 0.6) is 5.75 Å². The van der Waals surface area contributed by atoms with Gasteiger partial charge in [0.15, 0.2) is 0 Å². The number of anilines is 1. The molecule has 0 aliphatic heterocycles. The molecular weight excluding hydrogens is 256 g/mol. The van der Waals surface area contributed by atoms with Crippen molar-refractivity contribution in [2.24, 2.45) is 5.92 Å². The van der Waals surface area contributed by atoms with Crippen molar-refractivity contribution in [1.29, 1.82) is 0 Å². The third-order valence-electron chi connectivity index (χ3n) is 3.29. The lowest BCUT2D eigenvalue weighted by Crippen LogP contribution is -2.07. The summed E-state index contributed by atoms with van der Waals surface area (Å²) in [5, 5.41) is 14.2. The molecule has 1 N–H and O–H groups in total. The maximum absolute atomic E-state index is 10.9. The Bertz CT molecular complexity index is 470. The molecule has 0 bridgehead atoms. The zero-order chi connectivity index (χ0) is 14.5. The molecule has 0 heterocycles. The van der Waals surface area contributed by atoms with Crippen molar-refractivity contribution in [3.63, 3.8) is 0 Å². The molecule has 110 valence electrons. The molecule has 2 rings (SSSR count). The molecule has 5 nitrogen and oxygen atoms in total. The zero-order valence-corrected chi connectivity index (χ0v) is 12.1. The predicted octanol–water partition coefficient (Wildman–Crippen LogP) is 3.98. The van der Waals surface area contributed by atoms with Crippen LogP contribution in [0.15, 0.2) is 18.2 Å². The first-order valence-electron chi connectivity index (χ1n) is 7.24. The SMILES string of the molecule is CC(C)Oc1cc(NCCCC2CC2)cc([N+](=O)[O-])c1. The third-order valence-corrected chi connectivity index (χ3v) is 3.29. The van der Waals surface area contributed by atoms with Crippen molar-refractivity contribution < 1.29 is 9.66 Å². The molecule has 0 radical (unpaired) electrons. The molecule has 0 atom stereocenters. The number of rotatable bonds is 8. The van der Waals surface area contributed by atoms with E-state index in [1.54, 1.807) is 6.07 Å². The molecule has 0 saturated heterocycles. The first-order chi connectivity index (χ1) is 9.54. The van der Waals surface area contributed by atoms with Gasteiger partial charge in [0.1, 0.15) is 5.75 Å². The highest BCUT2D eigenvalue weighted by molar-refractivity contribution is 5.56. The van der Waals surface area contributed by atoms with Crippen LogP contribution < -0.4 is 10.1 Å². The fourth-order valence-corrected chi connectivity index (χ4v) is 2.16. The van der Waals surface area contributed by atoms with Crippen molar-refractivity contribution in [2.45, 2.75) is 45.6 Å². The Morgan fingerprint density at radius 3 is 2.75 bits per heavy atom. The fraction of sp³-hybridized carbons (Fsp3) is 0.600. The zero-order valence-electron chi connectivity index (χ0n) is 12.1. The van der Waals surface area contributed by atoms with Crippen LogP contribution in [0.1, 0.15) is 39.5 Å². The summed E-state index contributed by atoms with van der Waals surface area (Å²) in [7, 11) is 0. The maximum Gasteiger partial charge on any atom is 0.275 e. The Kier molecular flexibility index (Phi) is 4.82. The van der Waals surface area contributed by atoms with Crippen molar-refractivity contribution in [3.05, 3.63) is 28.3 Å². The summed E-state index contributed by atoms with van der Waals surface area (Å²) >= 11 is 0. The minimum Gasteiger partial charge on any atom is -0.491 e. The molecule has 1 aliphatic rings. The number of hydrogen-bond acceptors (Lipinski definition) is 4. The average Bonchev–Trinajstić information content (AvgIpc) is 3.17. The average molecular weight is 278 g/mol. The molecule has 0 unspecified atom stereocenters. The molecule has 0 amide bonds. The minimum absolute atomic E-state index is 0.000259. The number of nitrogens with zero attached hydrogens (tertiary/aromatic N) is 1. The lowest BCUT2D eigenvalue weighted by atomic mass is 10.2. The second-order valence-electron chi connectivity index (χ2n) is 5.65. The highest BCUT2D eigenvalue weighted by Gasteiger charge is 2.20. The molecule has 5 heteroatoms. The van der Waals surface area contributed by atoms with Gasteiger partial charge < -0.3 is 10.1 Å². The number of nitrogens with one attached hydrogen (secondary N) is 1. The molecule has 1 aromatic rings. The van der Waals surface area contributed by atoms with Crippen LogP contribution in [0.2, 0.25) is 0 Å². The van der Waals surface area contributed by atoms with Crippen LogP contribution >= 0.6 is 0 Å². The van der Waals surface area contributed by atoms with E-state index < -0.39 is 0 Å². The highest BCUT2D eigenvalue weighted by Crippen LogP contribution is 2.33. The summed E-state index contributed by atoms with van der Waals surface area (Å²) in [6, 6.07) is 4.85.